The number of ether oxygens (including phenoxy) is 2. The fourth-order valence-corrected chi connectivity index (χ4v) is 4.23. The Hall–Kier alpha value is -3.45. The van der Waals surface area contributed by atoms with Crippen LogP contribution >= 0.6 is 0 Å². The molecule has 1 N–H and O–H groups in total. The number of nitrogens with zero attached hydrogens (tertiary/aromatic N) is 3. The van der Waals surface area contributed by atoms with E-state index in [0.29, 0.717) is 25.6 Å². The number of anilines is 3. The summed E-state index contributed by atoms with van der Waals surface area (Å²) in [5.74, 6) is 1.43. The minimum Gasteiger partial charge on any atom is -0.456 e. The summed E-state index contributed by atoms with van der Waals surface area (Å²) in [7, 11) is 0. The SMILES string of the molecule is O=COC1(c2ccc(Nc3cc(-c4ccccc4)nc(N4CCOCC4)n3)cc2)CCC1. The standard InChI is InChI=1S/C25H26N4O3/c30-18-32-25(11-4-12-25)20-7-9-21(10-8-20)26-23-17-22(19-5-2-1-3-6-19)27-24(28-23)29-13-15-31-16-14-29/h1-3,5-10,17-18H,4,11-16H2,(H,26,27,28). The number of rotatable bonds is 7. The molecule has 1 saturated carbocycles. The number of morpholine rings is 1. The molecule has 32 heavy (non-hydrogen) atoms. The van der Waals surface area contributed by atoms with Gasteiger partial charge in [0.25, 0.3) is 6.47 Å². The summed E-state index contributed by atoms with van der Waals surface area (Å²) in [6.07, 6.45) is 2.81. The second-order valence-electron chi connectivity index (χ2n) is 8.17. The number of hydrogen-bond donors (Lipinski definition) is 1. The first kappa shape index (κ1) is 20.5. The van der Waals surface area contributed by atoms with Crippen molar-refractivity contribution in [3.63, 3.8) is 0 Å². The second-order valence-corrected chi connectivity index (χ2v) is 8.17. The molecule has 0 bridgehead atoms. The van der Waals surface area contributed by atoms with Gasteiger partial charge < -0.3 is 19.7 Å². The van der Waals surface area contributed by atoms with Gasteiger partial charge in [-0.3, -0.25) is 4.79 Å². The third kappa shape index (κ3) is 4.16. The summed E-state index contributed by atoms with van der Waals surface area (Å²) in [5, 5.41) is 3.42. The van der Waals surface area contributed by atoms with E-state index in [1.807, 2.05) is 48.5 Å². The summed E-state index contributed by atoms with van der Waals surface area (Å²) in [6, 6.07) is 20.1. The fraction of sp³-hybridized carbons (Fsp3) is 0.320. The van der Waals surface area contributed by atoms with Gasteiger partial charge in [0.05, 0.1) is 18.9 Å². The van der Waals surface area contributed by atoms with Crippen molar-refractivity contribution in [2.75, 3.05) is 36.5 Å². The quantitative estimate of drug-likeness (QED) is 0.561. The summed E-state index contributed by atoms with van der Waals surface area (Å²) in [4.78, 5) is 22.7. The molecule has 0 spiro atoms. The molecule has 2 fully saturated rings. The highest BCUT2D eigenvalue weighted by molar-refractivity contribution is 5.67. The van der Waals surface area contributed by atoms with Crippen LogP contribution < -0.4 is 10.2 Å². The van der Waals surface area contributed by atoms with E-state index >= 15 is 0 Å². The predicted molar refractivity (Wildman–Crippen MR) is 123 cm³/mol. The Balaban J connectivity index is 1.43. The average molecular weight is 431 g/mol. The Morgan fingerprint density at radius 2 is 1.75 bits per heavy atom. The number of carbonyl (C=O) groups excluding carboxylic acids is 1. The molecule has 7 heteroatoms. The Kier molecular flexibility index (Phi) is 5.73. The molecule has 164 valence electrons. The molecule has 1 aromatic heterocycles. The van der Waals surface area contributed by atoms with Crippen molar-refractivity contribution in [3.8, 4) is 11.3 Å². The number of nitrogens with one attached hydrogen (secondary N) is 1. The summed E-state index contributed by atoms with van der Waals surface area (Å²) < 4.78 is 10.9. The minimum absolute atomic E-state index is 0.459. The summed E-state index contributed by atoms with van der Waals surface area (Å²) in [6.45, 7) is 3.45. The van der Waals surface area contributed by atoms with Gasteiger partial charge in [-0.05, 0) is 37.0 Å². The molecule has 2 aromatic carbocycles. The van der Waals surface area contributed by atoms with Gasteiger partial charge >= 0.3 is 0 Å². The largest absolute Gasteiger partial charge is 0.456 e. The maximum Gasteiger partial charge on any atom is 0.293 e. The van der Waals surface area contributed by atoms with Gasteiger partial charge in [-0.25, -0.2) is 4.98 Å². The van der Waals surface area contributed by atoms with E-state index in [0.717, 1.165) is 60.7 Å². The van der Waals surface area contributed by atoms with Crippen molar-refractivity contribution in [2.45, 2.75) is 24.9 Å². The number of hydrogen-bond acceptors (Lipinski definition) is 7. The van der Waals surface area contributed by atoms with E-state index in [9.17, 15) is 4.79 Å². The zero-order valence-corrected chi connectivity index (χ0v) is 17.9. The van der Waals surface area contributed by atoms with Crippen LogP contribution in [0.15, 0.2) is 60.7 Å². The van der Waals surface area contributed by atoms with E-state index in [-0.39, 0.29) is 0 Å². The van der Waals surface area contributed by atoms with E-state index < -0.39 is 5.60 Å². The molecule has 0 unspecified atom stereocenters. The van der Waals surface area contributed by atoms with Crippen LogP contribution in [0.5, 0.6) is 0 Å². The Morgan fingerprint density at radius 1 is 1.00 bits per heavy atom. The number of carbonyl (C=O) groups is 1. The van der Waals surface area contributed by atoms with Crippen LogP contribution in [0.1, 0.15) is 24.8 Å². The average Bonchev–Trinajstić information content (AvgIpc) is 2.83. The lowest BCUT2D eigenvalue weighted by Crippen LogP contribution is -2.37. The van der Waals surface area contributed by atoms with Gasteiger partial charge in [-0.1, -0.05) is 42.5 Å². The summed E-state index contributed by atoms with van der Waals surface area (Å²) in [5.41, 5.74) is 3.40. The van der Waals surface area contributed by atoms with E-state index in [1.54, 1.807) is 0 Å². The molecular weight excluding hydrogens is 404 g/mol. The smallest absolute Gasteiger partial charge is 0.293 e. The molecule has 2 heterocycles. The first-order valence-electron chi connectivity index (χ1n) is 11.0. The molecule has 0 atom stereocenters. The van der Waals surface area contributed by atoms with Gasteiger partial charge in [0.2, 0.25) is 5.95 Å². The normalized spacial score (nSPS) is 17.3. The summed E-state index contributed by atoms with van der Waals surface area (Å²) >= 11 is 0. The molecule has 0 amide bonds. The Bertz CT molecular complexity index is 1060. The van der Waals surface area contributed by atoms with Crippen LogP contribution in [-0.2, 0) is 19.9 Å². The third-order valence-corrected chi connectivity index (χ3v) is 6.20. The van der Waals surface area contributed by atoms with Crippen molar-refractivity contribution in [2.24, 2.45) is 0 Å². The first-order valence-corrected chi connectivity index (χ1v) is 11.0. The van der Waals surface area contributed by atoms with Crippen molar-refractivity contribution in [3.05, 3.63) is 66.2 Å². The molecule has 2 aliphatic rings. The van der Waals surface area contributed by atoms with Gasteiger partial charge in [-0.15, -0.1) is 0 Å². The van der Waals surface area contributed by atoms with E-state index in [1.165, 1.54) is 0 Å². The van der Waals surface area contributed by atoms with E-state index in [2.05, 4.69) is 22.3 Å². The van der Waals surface area contributed by atoms with Gasteiger partial charge in [0.1, 0.15) is 11.4 Å². The highest BCUT2D eigenvalue weighted by atomic mass is 16.5. The topological polar surface area (TPSA) is 76.6 Å². The lowest BCUT2D eigenvalue weighted by atomic mass is 9.75. The molecular formula is C25H26N4O3. The second kappa shape index (κ2) is 8.96. The Morgan fingerprint density at radius 3 is 2.41 bits per heavy atom. The molecule has 7 nitrogen and oxygen atoms in total. The zero-order valence-electron chi connectivity index (χ0n) is 17.9. The number of aromatic nitrogens is 2. The molecule has 1 saturated heterocycles. The fourth-order valence-electron chi connectivity index (χ4n) is 4.23. The van der Waals surface area contributed by atoms with Crippen molar-refractivity contribution in [1.29, 1.82) is 0 Å². The zero-order chi connectivity index (χ0) is 21.8. The first-order chi connectivity index (χ1) is 15.8. The maximum atomic E-state index is 10.9. The highest BCUT2D eigenvalue weighted by Crippen LogP contribution is 2.44. The molecule has 0 radical (unpaired) electrons. The molecule has 3 aromatic rings. The molecule has 1 aliphatic heterocycles. The van der Waals surface area contributed by atoms with Gasteiger partial charge in [0, 0.05) is 30.4 Å². The van der Waals surface area contributed by atoms with Crippen LogP contribution in [0.4, 0.5) is 17.5 Å². The molecule has 1 aliphatic carbocycles. The Labute approximate surface area is 187 Å². The van der Waals surface area contributed by atoms with Crippen molar-refractivity contribution in [1.82, 2.24) is 9.97 Å². The number of benzene rings is 2. The third-order valence-electron chi connectivity index (χ3n) is 6.20. The minimum atomic E-state index is -0.459. The van der Waals surface area contributed by atoms with Crippen molar-refractivity contribution >= 4 is 23.9 Å². The van der Waals surface area contributed by atoms with Gasteiger partial charge in [-0.2, -0.15) is 4.98 Å². The highest BCUT2D eigenvalue weighted by Gasteiger charge is 2.40. The molecule has 5 rings (SSSR count). The van der Waals surface area contributed by atoms with Crippen LogP contribution in [0, 0.1) is 0 Å². The van der Waals surface area contributed by atoms with Crippen molar-refractivity contribution < 1.29 is 14.3 Å². The van der Waals surface area contributed by atoms with Crippen LogP contribution in [0.25, 0.3) is 11.3 Å². The van der Waals surface area contributed by atoms with Crippen LogP contribution in [-0.4, -0.2) is 42.7 Å². The lowest BCUT2D eigenvalue weighted by molar-refractivity contribution is -0.155. The maximum absolute atomic E-state index is 10.9. The van der Waals surface area contributed by atoms with Crippen LogP contribution in [0.2, 0.25) is 0 Å². The lowest BCUT2D eigenvalue weighted by Gasteiger charge is -2.40. The van der Waals surface area contributed by atoms with E-state index in [4.69, 9.17) is 19.4 Å². The predicted octanol–water partition coefficient (Wildman–Crippen LogP) is 4.28. The van der Waals surface area contributed by atoms with Gasteiger partial charge in [0.15, 0.2) is 0 Å². The monoisotopic (exact) mass is 430 g/mol. The van der Waals surface area contributed by atoms with Crippen LogP contribution in [0.3, 0.4) is 0 Å².